The molecule has 3 aliphatic heterocycles. The first-order valence-corrected chi connectivity index (χ1v) is 20.7. The fourth-order valence-corrected chi connectivity index (χ4v) is 9.93. The number of carbonyl (C=O) groups is 6. The first kappa shape index (κ1) is 43.9. The predicted molar refractivity (Wildman–Crippen MR) is 216 cm³/mol. The normalized spacial score (nSPS) is 19.1. The van der Waals surface area contributed by atoms with E-state index in [1.807, 2.05) is 0 Å². The number of rotatable bonds is 16. The summed E-state index contributed by atoms with van der Waals surface area (Å²) in [5.41, 5.74) is 4.12. The number of β-lactam (4-membered cyclic amide) rings is 1. The molecule has 3 amide bonds. The quantitative estimate of drug-likeness (QED) is 0.0329. The number of fused-ring (bicyclic) bond motifs is 2. The minimum absolute atomic E-state index is 0.0883. The van der Waals surface area contributed by atoms with E-state index in [9.17, 15) is 54.0 Å². The second-order valence-electron chi connectivity index (χ2n) is 14.0. The number of nitrogens with one attached hydrogen (secondary N) is 2. The summed E-state index contributed by atoms with van der Waals surface area (Å²) in [6.07, 6.45) is -0.0649. The van der Waals surface area contributed by atoms with Crippen LogP contribution in [0.3, 0.4) is 0 Å². The standard InChI is InChI=1S/C35H36Cl2N8O13S2/c1-2-43-11-15(26(49)20-16(43)9-17(46)27(50)21(20)36)29(51)39-5-8-45(6-3-4-7-45)12-14-13-59-32-24(31(53)44(32)25(14)34(56)57)40-30(52)23(22-28(37)60-35(38)41-22)42-58-18(33(54)55)10-19(47)48/h9,11,18,24,32H,2-8,10,12-13H2,1H3,(H8-,38,39,40,41,42,46,47,48,49,50,51,52,54,55,56,57)/p+1/t18-,24+,32+/m0/s1. The molecule has 2 fully saturated rings. The number of aryl methyl sites for hydroxylation is 1. The number of hydrogen-bond donors (Lipinski definition) is 8. The number of nitrogens with zero attached hydrogens (tertiary/aromatic N) is 5. The van der Waals surface area contributed by atoms with Crippen LogP contribution in [-0.4, -0.2) is 142 Å². The van der Waals surface area contributed by atoms with E-state index in [0.29, 0.717) is 36.2 Å². The van der Waals surface area contributed by atoms with Crippen molar-refractivity contribution in [1.82, 2.24) is 25.1 Å². The number of carbonyl (C=O) groups excluding carboxylic acids is 3. The second kappa shape index (κ2) is 17.5. The smallest absolute Gasteiger partial charge is 0.352 e. The van der Waals surface area contributed by atoms with Gasteiger partial charge in [-0.2, -0.15) is 0 Å². The molecule has 320 valence electrons. The molecule has 60 heavy (non-hydrogen) atoms. The van der Waals surface area contributed by atoms with Crippen molar-refractivity contribution in [3.63, 3.8) is 0 Å². The molecule has 5 heterocycles. The first-order chi connectivity index (χ1) is 28.4. The van der Waals surface area contributed by atoms with Crippen molar-refractivity contribution in [2.24, 2.45) is 5.16 Å². The van der Waals surface area contributed by atoms with Crippen LogP contribution in [-0.2, 0) is 35.4 Å². The van der Waals surface area contributed by atoms with Crippen LogP contribution in [0.1, 0.15) is 42.2 Å². The van der Waals surface area contributed by atoms with Gasteiger partial charge in [0.25, 0.3) is 17.7 Å². The van der Waals surface area contributed by atoms with E-state index in [2.05, 4.69) is 20.8 Å². The molecule has 2 saturated heterocycles. The molecule has 3 aliphatic rings. The van der Waals surface area contributed by atoms with Crippen molar-refractivity contribution in [2.75, 3.05) is 44.2 Å². The highest BCUT2D eigenvalue weighted by Gasteiger charge is 2.55. The number of phenols is 2. The summed E-state index contributed by atoms with van der Waals surface area (Å²) in [5.74, 6) is -8.25. The Hall–Kier alpha value is -5.62. The Morgan fingerprint density at radius 1 is 1.13 bits per heavy atom. The molecule has 0 unspecified atom stereocenters. The van der Waals surface area contributed by atoms with E-state index >= 15 is 0 Å². The lowest BCUT2D eigenvalue weighted by Crippen LogP contribution is -2.71. The number of pyridine rings is 1. The number of carboxylic acid groups (broad SMARTS) is 3. The fourth-order valence-electron chi connectivity index (χ4n) is 7.39. The Balaban J connectivity index is 1.18. The van der Waals surface area contributed by atoms with Crippen LogP contribution in [0.4, 0.5) is 5.13 Å². The lowest BCUT2D eigenvalue weighted by atomic mass is 10.0. The number of halogens is 2. The Morgan fingerprint density at radius 3 is 2.43 bits per heavy atom. The van der Waals surface area contributed by atoms with Crippen LogP contribution in [0, 0.1) is 0 Å². The Bertz CT molecular complexity index is 2450. The molecule has 21 nitrogen and oxygen atoms in total. The Labute approximate surface area is 356 Å². The molecule has 6 rings (SSSR count). The van der Waals surface area contributed by atoms with Crippen LogP contribution in [0.25, 0.3) is 10.9 Å². The SMILES string of the molecule is CCn1cc(C(=O)NCC[N+]2(CC3=C(C(=O)O)N4C(=O)[C@@H](NC(=O)/C(=N\O[C@@H](CC(=O)O)C(=O)O)c5nc(N)sc5Cl)[C@H]4SC3)CCCC2)c(=O)c2c(Cl)c(O)c(O)cc21. The van der Waals surface area contributed by atoms with E-state index in [1.54, 1.807) is 11.5 Å². The van der Waals surface area contributed by atoms with Crippen LogP contribution >= 0.6 is 46.3 Å². The van der Waals surface area contributed by atoms with Crippen LogP contribution < -0.4 is 21.8 Å². The number of benzene rings is 1. The number of thioether (sulfide) groups is 1. The zero-order valence-electron chi connectivity index (χ0n) is 31.3. The van der Waals surface area contributed by atoms with E-state index < -0.39 is 87.2 Å². The molecule has 0 radical (unpaired) electrons. The predicted octanol–water partition coefficient (Wildman–Crippen LogP) is 1.21. The topological polar surface area (TPSA) is 313 Å². The van der Waals surface area contributed by atoms with Gasteiger partial charge in [0.05, 0.1) is 48.5 Å². The average molecular weight is 913 g/mol. The van der Waals surface area contributed by atoms with Crippen LogP contribution in [0.5, 0.6) is 11.5 Å². The summed E-state index contributed by atoms with van der Waals surface area (Å²) >= 11 is 14.4. The summed E-state index contributed by atoms with van der Waals surface area (Å²) in [6, 6.07) is -0.0957. The largest absolute Gasteiger partial charge is 0.504 e. The number of nitrogen functional groups attached to an aromatic ring is 1. The third kappa shape index (κ3) is 8.52. The fraction of sp³-hybridized carbons (Fsp3) is 0.400. The number of thiazole rings is 1. The van der Waals surface area contributed by atoms with Gasteiger partial charge in [-0.05, 0) is 6.92 Å². The van der Waals surface area contributed by atoms with Gasteiger partial charge in [-0.25, -0.2) is 14.6 Å². The van der Waals surface area contributed by atoms with Gasteiger partial charge in [0.15, 0.2) is 22.3 Å². The minimum Gasteiger partial charge on any atom is -0.504 e. The van der Waals surface area contributed by atoms with Gasteiger partial charge in [0, 0.05) is 43.0 Å². The molecule has 3 aromatic rings. The number of amides is 3. The maximum absolute atomic E-state index is 13.6. The Kier molecular flexibility index (Phi) is 12.8. The molecule has 9 N–H and O–H groups in total. The second-order valence-corrected chi connectivity index (χ2v) is 17.1. The van der Waals surface area contributed by atoms with E-state index in [4.69, 9.17) is 38.9 Å². The summed E-state index contributed by atoms with van der Waals surface area (Å²) in [6.45, 7) is 3.97. The number of anilines is 1. The van der Waals surface area contributed by atoms with Crippen molar-refractivity contribution in [1.29, 1.82) is 0 Å². The number of quaternary nitrogens is 1. The third-order valence-electron chi connectivity index (χ3n) is 10.2. The van der Waals surface area contributed by atoms with Gasteiger partial charge in [-0.1, -0.05) is 39.7 Å². The summed E-state index contributed by atoms with van der Waals surface area (Å²) in [5, 5.41) is 56.3. The van der Waals surface area contributed by atoms with Crippen molar-refractivity contribution in [3.05, 3.63) is 54.4 Å². The maximum atomic E-state index is 13.6. The van der Waals surface area contributed by atoms with Crippen molar-refractivity contribution >= 4 is 104 Å². The number of nitrogens with two attached hydrogens (primary N) is 1. The lowest BCUT2D eigenvalue weighted by molar-refractivity contribution is -0.911. The van der Waals surface area contributed by atoms with E-state index in [1.165, 1.54) is 24.0 Å². The summed E-state index contributed by atoms with van der Waals surface area (Å²) < 4.78 is 1.76. The molecule has 3 atom stereocenters. The monoisotopic (exact) mass is 911 g/mol. The first-order valence-electron chi connectivity index (χ1n) is 18.1. The number of aromatic hydroxyl groups is 2. The highest BCUT2D eigenvalue weighted by atomic mass is 35.5. The minimum atomic E-state index is -2.01. The third-order valence-corrected chi connectivity index (χ3v) is 13.0. The number of hydrogen-bond acceptors (Lipinski definition) is 15. The highest BCUT2D eigenvalue weighted by molar-refractivity contribution is 8.00. The number of oxime groups is 1. The van der Waals surface area contributed by atoms with Gasteiger partial charge in [0.1, 0.15) is 39.3 Å². The molecule has 25 heteroatoms. The van der Waals surface area contributed by atoms with Gasteiger partial charge in [-0.15, -0.1) is 11.8 Å². The zero-order chi connectivity index (χ0) is 43.8. The number of aromatic nitrogens is 2. The highest BCUT2D eigenvalue weighted by Crippen LogP contribution is 2.42. The number of carboxylic acids is 3. The lowest BCUT2D eigenvalue weighted by Gasteiger charge is -2.50. The van der Waals surface area contributed by atoms with Crippen molar-refractivity contribution in [2.45, 2.75) is 50.3 Å². The number of likely N-dealkylation sites (tertiary alicyclic amines) is 1. The molecular formula is C35H37Cl2N8O13S2+. The maximum Gasteiger partial charge on any atom is 0.352 e. The molecule has 0 aliphatic carbocycles. The van der Waals surface area contributed by atoms with E-state index in [-0.39, 0.29) is 56.2 Å². The molecule has 0 saturated carbocycles. The van der Waals surface area contributed by atoms with Gasteiger partial charge >= 0.3 is 17.9 Å². The summed E-state index contributed by atoms with van der Waals surface area (Å²) in [4.78, 5) is 99.4. The summed E-state index contributed by atoms with van der Waals surface area (Å²) in [7, 11) is 0. The zero-order valence-corrected chi connectivity index (χ0v) is 34.5. The number of aliphatic carboxylic acids is 3. The van der Waals surface area contributed by atoms with Gasteiger partial charge in [0.2, 0.25) is 11.5 Å². The van der Waals surface area contributed by atoms with Gasteiger partial charge in [-0.3, -0.25) is 28.9 Å². The number of phenolic OH excluding ortho intramolecular Hbond substituents is 2. The van der Waals surface area contributed by atoms with Gasteiger partial charge < -0.3 is 55.8 Å². The van der Waals surface area contributed by atoms with Crippen LogP contribution in [0.2, 0.25) is 9.36 Å². The Morgan fingerprint density at radius 2 is 1.83 bits per heavy atom. The molecule has 0 spiro atoms. The molecule has 1 aromatic carbocycles. The van der Waals surface area contributed by atoms with Crippen molar-refractivity contribution < 1.29 is 63.6 Å². The van der Waals surface area contributed by atoms with Crippen molar-refractivity contribution in [3.8, 4) is 11.5 Å². The van der Waals surface area contributed by atoms with E-state index in [0.717, 1.165) is 29.1 Å². The molecular weight excluding hydrogens is 875 g/mol. The molecule has 0 bridgehead atoms. The average Bonchev–Trinajstić information content (AvgIpc) is 3.79. The molecule has 2 aromatic heterocycles. The van der Waals surface area contributed by atoms with Crippen LogP contribution in [0.15, 0.2) is 33.5 Å².